The third-order valence-corrected chi connectivity index (χ3v) is 5.63. The smallest absolute Gasteiger partial charge is 0.307 e. The Morgan fingerprint density at radius 1 is 1.09 bits per heavy atom. The van der Waals surface area contributed by atoms with E-state index < -0.39 is 5.97 Å². The summed E-state index contributed by atoms with van der Waals surface area (Å²) in [5, 5.41) is 21.4. The molecule has 7 nitrogen and oxygen atoms in total. The van der Waals surface area contributed by atoms with Crippen LogP contribution in [0.5, 0.6) is 5.75 Å². The first-order chi connectivity index (χ1) is 16.9. The van der Waals surface area contributed by atoms with Crippen LogP contribution >= 0.6 is 0 Å². The molecule has 0 fully saturated rings. The Morgan fingerprint density at radius 2 is 1.86 bits per heavy atom. The molecule has 0 unspecified atom stereocenters. The standard InChI is InChI=1S/C28H30N4O3/c1-4-32(28(31-19-29)30-17-21-8-6-5-7-9-21)18-23-14-20(2)10-12-24(23)25-15-22(16-27(33)34)11-13-26(25)35-3/h5-15H,4,16-18H2,1-3H3,(H,30,31)(H,33,34). The van der Waals surface area contributed by atoms with Crippen LogP contribution in [0.3, 0.4) is 0 Å². The number of methoxy groups -OCH3 is 1. The first kappa shape index (κ1) is 25.3. The summed E-state index contributed by atoms with van der Waals surface area (Å²) < 4.78 is 5.61. The van der Waals surface area contributed by atoms with Crippen molar-refractivity contribution in [3.8, 4) is 23.1 Å². The zero-order chi connectivity index (χ0) is 25.2. The van der Waals surface area contributed by atoms with E-state index in [-0.39, 0.29) is 6.42 Å². The van der Waals surface area contributed by atoms with Crippen molar-refractivity contribution in [1.82, 2.24) is 10.2 Å². The fourth-order valence-electron chi connectivity index (χ4n) is 3.93. The van der Waals surface area contributed by atoms with E-state index in [9.17, 15) is 15.2 Å². The lowest BCUT2D eigenvalue weighted by Crippen LogP contribution is -2.39. The lowest BCUT2D eigenvalue weighted by atomic mass is 9.94. The summed E-state index contributed by atoms with van der Waals surface area (Å²) in [6.07, 6.45) is 1.94. The maximum absolute atomic E-state index is 11.3. The first-order valence-corrected chi connectivity index (χ1v) is 11.4. The summed E-state index contributed by atoms with van der Waals surface area (Å²) in [7, 11) is 1.60. The van der Waals surface area contributed by atoms with Gasteiger partial charge in [0.15, 0.2) is 6.19 Å². The highest BCUT2D eigenvalue weighted by atomic mass is 16.5. The second-order valence-electron chi connectivity index (χ2n) is 8.14. The number of hydrogen-bond donors (Lipinski definition) is 2. The molecular weight excluding hydrogens is 440 g/mol. The van der Waals surface area contributed by atoms with E-state index in [4.69, 9.17) is 4.74 Å². The Balaban J connectivity index is 2.00. The zero-order valence-electron chi connectivity index (χ0n) is 20.3. The Kier molecular flexibility index (Phi) is 8.85. The summed E-state index contributed by atoms with van der Waals surface area (Å²) in [5.74, 6) is 0.280. The molecule has 0 radical (unpaired) electrons. The van der Waals surface area contributed by atoms with Crippen molar-refractivity contribution in [3.63, 3.8) is 0 Å². The molecule has 0 spiro atoms. The lowest BCUT2D eigenvalue weighted by molar-refractivity contribution is -0.136. The molecule has 3 aromatic carbocycles. The van der Waals surface area contributed by atoms with Gasteiger partial charge in [0.05, 0.1) is 20.1 Å². The summed E-state index contributed by atoms with van der Waals surface area (Å²) in [5.41, 5.74) is 5.63. The highest BCUT2D eigenvalue weighted by Crippen LogP contribution is 2.34. The molecule has 0 heterocycles. The summed E-state index contributed by atoms with van der Waals surface area (Å²) in [4.78, 5) is 18.0. The van der Waals surface area contributed by atoms with E-state index in [1.54, 1.807) is 19.2 Å². The minimum absolute atomic E-state index is 0.0678. The molecule has 0 aliphatic carbocycles. The molecule has 3 aromatic rings. The summed E-state index contributed by atoms with van der Waals surface area (Å²) in [6.45, 7) is 5.63. The molecule has 7 heteroatoms. The van der Waals surface area contributed by atoms with Gasteiger partial charge in [-0.3, -0.25) is 10.1 Å². The predicted octanol–water partition coefficient (Wildman–Crippen LogP) is 4.75. The molecule has 0 aliphatic rings. The molecule has 0 saturated carbocycles. The van der Waals surface area contributed by atoms with Crippen molar-refractivity contribution >= 4 is 11.9 Å². The number of carboxylic acid groups (broad SMARTS) is 1. The van der Waals surface area contributed by atoms with Crippen molar-refractivity contribution in [2.24, 2.45) is 4.99 Å². The average Bonchev–Trinajstić information content (AvgIpc) is 2.85. The number of aliphatic imine (C=N–C) groups is 1. The van der Waals surface area contributed by atoms with Gasteiger partial charge in [-0.1, -0.05) is 60.2 Å². The highest BCUT2D eigenvalue weighted by Gasteiger charge is 2.17. The third kappa shape index (κ3) is 6.84. The predicted molar refractivity (Wildman–Crippen MR) is 137 cm³/mol. The maximum atomic E-state index is 11.3. The molecule has 0 bridgehead atoms. The molecule has 35 heavy (non-hydrogen) atoms. The number of nitriles is 1. The minimum Gasteiger partial charge on any atom is -0.496 e. The molecule has 2 N–H and O–H groups in total. The van der Waals surface area contributed by atoms with E-state index in [1.807, 2.05) is 73.5 Å². The molecule has 0 aliphatic heterocycles. The van der Waals surface area contributed by atoms with Crippen molar-refractivity contribution < 1.29 is 14.6 Å². The van der Waals surface area contributed by atoms with E-state index in [1.165, 1.54) is 0 Å². The van der Waals surface area contributed by atoms with Crippen LogP contribution in [0.2, 0.25) is 0 Å². The van der Waals surface area contributed by atoms with Gasteiger partial charge >= 0.3 is 5.97 Å². The molecule has 0 aromatic heterocycles. The lowest BCUT2D eigenvalue weighted by Gasteiger charge is -2.25. The number of guanidine groups is 1. The van der Waals surface area contributed by atoms with E-state index in [0.29, 0.717) is 36.9 Å². The molecule has 180 valence electrons. The number of aryl methyl sites for hydroxylation is 1. The van der Waals surface area contributed by atoms with Crippen LogP contribution in [0.4, 0.5) is 0 Å². The number of rotatable bonds is 9. The average molecular weight is 471 g/mol. The number of benzene rings is 3. The molecule has 0 amide bonds. The van der Waals surface area contributed by atoms with Gasteiger partial charge in [0, 0.05) is 18.7 Å². The van der Waals surface area contributed by atoms with Crippen LogP contribution < -0.4 is 10.1 Å². The Bertz CT molecular complexity index is 1230. The first-order valence-electron chi connectivity index (χ1n) is 11.4. The van der Waals surface area contributed by atoms with Gasteiger partial charge in [0.2, 0.25) is 5.96 Å². The minimum atomic E-state index is -0.885. The van der Waals surface area contributed by atoms with Crippen molar-refractivity contribution in [1.29, 1.82) is 5.26 Å². The number of nitrogens with one attached hydrogen (secondary N) is 1. The molecule has 3 rings (SSSR count). The summed E-state index contributed by atoms with van der Waals surface area (Å²) >= 11 is 0. The number of nitrogens with zero attached hydrogens (tertiary/aromatic N) is 3. The molecule has 0 saturated heterocycles. The van der Waals surface area contributed by atoms with Crippen LogP contribution in [0.25, 0.3) is 11.1 Å². The van der Waals surface area contributed by atoms with E-state index >= 15 is 0 Å². The monoisotopic (exact) mass is 470 g/mol. The normalized spacial score (nSPS) is 11.0. The largest absolute Gasteiger partial charge is 0.496 e. The highest BCUT2D eigenvalue weighted by molar-refractivity contribution is 5.82. The summed E-state index contributed by atoms with van der Waals surface area (Å²) in [6, 6.07) is 21.5. The van der Waals surface area contributed by atoms with Crippen LogP contribution in [-0.2, 0) is 24.3 Å². The van der Waals surface area contributed by atoms with E-state index in [2.05, 4.69) is 16.4 Å². The number of carboxylic acids is 1. The van der Waals surface area contributed by atoms with Gasteiger partial charge in [-0.05, 0) is 48.2 Å². The maximum Gasteiger partial charge on any atom is 0.307 e. The second kappa shape index (κ2) is 12.2. The van der Waals surface area contributed by atoms with Crippen LogP contribution in [-0.4, -0.2) is 35.6 Å². The van der Waals surface area contributed by atoms with Gasteiger partial charge in [-0.15, -0.1) is 0 Å². The van der Waals surface area contributed by atoms with E-state index in [0.717, 1.165) is 27.8 Å². The topological polar surface area (TPSA) is 98.0 Å². The van der Waals surface area contributed by atoms with Gasteiger partial charge in [0.25, 0.3) is 0 Å². The Morgan fingerprint density at radius 3 is 2.51 bits per heavy atom. The number of aliphatic carboxylic acids is 1. The van der Waals surface area contributed by atoms with Crippen LogP contribution in [0.15, 0.2) is 71.7 Å². The SMILES string of the molecule is CCN(Cc1cc(C)ccc1-c1cc(CC(=O)O)ccc1OC)C(=NCc1ccccc1)NC#N. The van der Waals surface area contributed by atoms with Crippen LogP contribution in [0.1, 0.15) is 29.2 Å². The quantitative estimate of drug-likeness (QED) is 0.203. The van der Waals surface area contributed by atoms with Crippen molar-refractivity contribution in [2.45, 2.75) is 33.4 Å². The third-order valence-electron chi connectivity index (χ3n) is 5.63. The fraction of sp³-hybridized carbons (Fsp3) is 0.250. The molecular formula is C28H30N4O3. The Hall–Kier alpha value is -4.31. The van der Waals surface area contributed by atoms with Gasteiger partial charge in [-0.2, -0.15) is 5.26 Å². The van der Waals surface area contributed by atoms with Gasteiger partial charge in [0.1, 0.15) is 5.75 Å². The fourth-order valence-corrected chi connectivity index (χ4v) is 3.93. The van der Waals surface area contributed by atoms with Crippen LogP contribution in [0, 0.1) is 18.4 Å². The van der Waals surface area contributed by atoms with Gasteiger partial charge < -0.3 is 14.7 Å². The zero-order valence-corrected chi connectivity index (χ0v) is 20.3. The second-order valence-corrected chi connectivity index (χ2v) is 8.14. The number of ether oxygens (including phenoxy) is 1. The number of hydrogen-bond acceptors (Lipinski definition) is 4. The van der Waals surface area contributed by atoms with Crippen molar-refractivity contribution in [3.05, 3.63) is 89.0 Å². The number of carbonyl (C=O) groups is 1. The van der Waals surface area contributed by atoms with Crippen molar-refractivity contribution in [2.75, 3.05) is 13.7 Å². The Labute approximate surface area is 206 Å². The van der Waals surface area contributed by atoms with Gasteiger partial charge in [-0.25, -0.2) is 4.99 Å². The molecule has 0 atom stereocenters.